The molecule has 0 bridgehead atoms. The van der Waals surface area contributed by atoms with Gasteiger partial charge in [0.1, 0.15) is 19.8 Å². The summed E-state index contributed by atoms with van der Waals surface area (Å²) < 4.78 is 34.0. The minimum Gasteiger partial charge on any atom is -0.756 e. The number of phosphoric ester groups is 1. The molecule has 396 valence electrons. The Balaban J connectivity index is 4.07. The first-order valence-electron chi connectivity index (χ1n) is 28.0. The molecule has 0 radical (unpaired) electrons. The summed E-state index contributed by atoms with van der Waals surface area (Å²) in [5.74, 6) is -0.847. The molecule has 0 spiro atoms. The molecule has 10 heteroatoms. The Morgan fingerprint density at radius 3 is 1.24 bits per heavy atom. The summed E-state index contributed by atoms with van der Waals surface area (Å²) in [5.41, 5.74) is 0. The second-order valence-electron chi connectivity index (χ2n) is 19.9. The molecule has 0 amide bonds. The van der Waals surface area contributed by atoms with E-state index in [1.807, 2.05) is 21.1 Å². The van der Waals surface area contributed by atoms with E-state index in [2.05, 4.69) is 74.6 Å². The maximum absolute atomic E-state index is 12.8. The van der Waals surface area contributed by atoms with Gasteiger partial charge in [0.25, 0.3) is 7.82 Å². The van der Waals surface area contributed by atoms with E-state index in [9.17, 15) is 19.0 Å². The number of nitrogens with zero attached hydrogens (tertiary/aromatic N) is 1. The van der Waals surface area contributed by atoms with Gasteiger partial charge in [0.05, 0.1) is 27.7 Å². The van der Waals surface area contributed by atoms with Gasteiger partial charge in [-0.15, -0.1) is 0 Å². The number of rotatable bonds is 51. The fourth-order valence-electron chi connectivity index (χ4n) is 7.64. The Morgan fingerprint density at radius 2 is 0.824 bits per heavy atom. The van der Waals surface area contributed by atoms with Crippen molar-refractivity contribution in [1.82, 2.24) is 0 Å². The van der Waals surface area contributed by atoms with Crippen molar-refractivity contribution in [1.29, 1.82) is 0 Å². The summed E-state index contributed by atoms with van der Waals surface area (Å²) in [6, 6.07) is 0. The molecule has 2 atom stereocenters. The van der Waals surface area contributed by atoms with Crippen molar-refractivity contribution in [3.63, 3.8) is 0 Å². The van der Waals surface area contributed by atoms with Crippen LogP contribution in [0.15, 0.2) is 60.8 Å². The molecule has 0 rings (SSSR count). The fourth-order valence-corrected chi connectivity index (χ4v) is 8.37. The molecule has 0 N–H and O–H groups in total. The minimum absolute atomic E-state index is 0.0342. The molecule has 0 aliphatic rings. The average Bonchev–Trinajstić information content (AvgIpc) is 3.30. The van der Waals surface area contributed by atoms with Gasteiger partial charge in [-0.2, -0.15) is 0 Å². The summed E-state index contributed by atoms with van der Waals surface area (Å²) in [4.78, 5) is 37.7. The van der Waals surface area contributed by atoms with Crippen molar-refractivity contribution in [3.8, 4) is 0 Å². The highest BCUT2D eigenvalue weighted by Crippen LogP contribution is 2.38. The van der Waals surface area contributed by atoms with Gasteiger partial charge in [0, 0.05) is 12.8 Å². The molecule has 68 heavy (non-hydrogen) atoms. The molecule has 9 nitrogen and oxygen atoms in total. The first-order valence-corrected chi connectivity index (χ1v) is 29.5. The van der Waals surface area contributed by atoms with Crippen molar-refractivity contribution in [3.05, 3.63) is 60.8 Å². The van der Waals surface area contributed by atoms with Crippen LogP contribution < -0.4 is 4.89 Å². The zero-order chi connectivity index (χ0) is 49.9. The van der Waals surface area contributed by atoms with Gasteiger partial charge in [-0.05, 0) is 77.0 Å². The SMILES string of the molecule is CCC/C=C\C/C=C\CCCCCCCC(=O)OCC(COP(=O)([O-])OCC[N+](C)(C)C)OC(=O)CCCCCCCCCCCCCCCCCC/C=C\C/C=C\C/C=C\CCCCCCC. The van der Waals surface area contributed by atoms with Crippen molar-refractivity contribution in [2.75, 3.05) is 47.5 Å². The number of carbonyl (C=O) groups is 2. The van der Waals surface area contributed by atoms with Crippen LogP contribution in [0.1, 0.15) is 245 Å². The topological polar surface area (TPSA) is 111 Å². The molecular formula is C58H106NO8P. The van der Waals surface area contributed by atoms with Crippen LogP contribution in [0.4, 0.5) is 0 Å². The van der Waals surface area contributed by atoms with Crippen molar-refractivity contribution in [2.45, 2.75) is 251 Å². The van der Waals surface area contributed by atoms with E-state index >= 15 is 0 Å². The number of quaternary nitrogens is 1. The number of hydrogen-bond acceptors (Lipinski definition) is 8. The molecule has 0 aromatic carbocycles. The lowest BCUT2D eigenvalue weighted by atomic mass is 10.0. The number of esters is 2. The van der Waals surface area contributed by atoms with Crippen molar-refractivity contribution in [2.24, 2.45) is 0 Å². The number of carbonyl (C=O) groups excluding carboxylic acids is 2. The summed E-state index contributed by atoms with van der Waals surface area (Å²) >= 11 is 0. The summed E-state index contributed by atoms with van der Waals surface area (Å²) in [6.45, 7) is 4.15. The van der Waals surface area contributed by atoms with E-state index in [0.717, 1.165) is 77.0 Å². The largest absolute Gasteiger partial charge is 0.756 e. The molecule has 0 saturated carbocycles. The average molecular weight is 976 g/mol. The predicted molar refractivity (Wildman–Crippen MR) is 287 cm³/mol. The molecule has 2 unspecified atom stereocenters. The number of ether oxygens (including phenoxy) is 2. The molecule has 0 aromatic rings. The number of allylic oxidation sites excluding steroid dienone is 10. The Labute approximate surface area is 419 Å². The number of unbranched alkanes of at least 4 members (excludes halogenated alkanes) is 27. The van der Waals surface area contributed by atoms with E-state index < -0.39 is 32.5 Å². The van der Waals surface area contributed by atoms with Crippen LogP contribution in [0.3, 0.4) is 0 Å². The third-order valence-electron chi connectivity index (χ3n) is 12.0. The van der Waals surface area contributed by atoms with Gasteiger partial charge in [-0.3, -0.25) is 14.2 Å². The summed E-state index contributed by atoms with van der Waals surface area (Å²) in [7, 11) is 1.16. The van der Waals surface area contributed by atoms with Gasteiger partial charge in [0.2, 0.25) is 0 Å². The normalized spacial score (nSPS) is 13.8. The van der Waals surface area contributed by atoms with Crippen LogP contribution in [-0.2, 0) is 32.7 Å². The van der Waals surface area contributed by atoms with E-state index in [4.69, 9.17) is 18.5 Å². The lowest BCUT2D eigenvalue weighted by Crippen LogP contribution is -2.37. The Kier molecular flexibility index (Phi) is 48.0. The molecule has 0 aliphatic carbocycles. The van der Waals surface area contributed by atoms with Gasteiger partial charge < -0.3 is 27.9 Å². The van der Waals surface area contributed by atoms with Gasteiger partial charge in [-0.25, -0.2) is 0 Å². The molecule has 0 saturated heterocycles. The van der Waals surface area contributed by atoms with Crippen LogP contribution in [0, 0.1) is 0 Å². The number of phosphoric acid groups is 1. The third-order valence-corrected chi connectivity index (χ3v) is 13.0. The summed E-state index contributed by atoms with van der Waals surface area (Å²) in [5, 5.41) is 0. The van der Waals surface area contributed by atoms with Gasteiger partial charge in [0.15, 0.2) is 6.10 Å². The lowest BCUT2D eigenvalue weighted by Gasteiger charge is -2.28. The molecule has 0 aliphatic heterocycles. The van der Waals surface area contributed by atoms with Gasteiger partial charge in [-0.1, -0.05) is 216 Å². The highest BCUT2D eigenvalue weighted by atomic mass is 31.2. The first kappa shape index (κ1) is 65.7. The van der Waals surface area contributed by atoms with Crippen molar-refractivity contribution >= 4 is 19.8 Å². The van der Waals surface area contributed by atoms with E-state index in [1.165, 1.54) is 128 Å². The van der Waals surface area contributed by atoms with Crippen LogP contribution >= 0.6 is 7.82 Å². The van der Waals surface area contributed by atoms with E-state index in [-0.39, 0.29) is 26.1 Å². The third kappa shape index (κ3) is 53.1. The molecular weight excluding hydrogens is 870 g/mol. The second-order valence-corrected chi connectivity index (χ2v) is 21.4. The maximum atomic E-state index is 12.8. The first-order chi connectivity index (χ1) is 33.0. The second kappa shape index (κ2) is 49.7. The van der Waals surface area contributed by atoms with Crippen LogP contribution in [-0.4, -0.2) is 70.0 Å². The van der Waals surface area contributed by atoms with Crippen molar-refractivity contribution < 1.29 is 42.1 Å². The fraction of sp³-hybridized carbons (Fsp3) is 0.793. The Bertz CT molecular complexity index is 1340. The monoisotopic (exact) mass is 976 g/mol. The predicted octanol–water partition coefficient (Wildman–Crippen LogP) is 16.5. The molecule has 0 fully saturated rings. The highest BCUT2D eigenvalue weighted by molar-refractivity contribution is 7.45. The smallest absolute Gasteiger partial charge is 0.306 e. The maximum Gasteiger partial charge on any atom is 0.306 e. The minimum atomic E-state index is -4.63. The molecule has 0 aromatic heterocycles. The Hall–Kier alpha value is -2.29. The highest BCUT2D eigenvalue weighted by Gasteiger charge is 2.21. The Morgan fingerprint density at radius 1 is 0.456 bits per heavy atom. The van der Waals surface area contributed by atoms with Crippen LogP contribution in [0.2, 0.25) is 0 Å². The standard InChI is InChI=1S/C58H106NO8P/c1-6-8-10-12-14-16-18-20-21-22-23-24-25-26-27-28-29-30-31-32-33-34-35-36-37-39-41-43-45-47-49-51-58(61)67-56(55-66-68(62,63)65-53-52-59(3,4)5)54-64-57(60)50-48-46-44-42-40-38-19-17-15-13-11-9-7-2/h11,13,17-20,22-23,25-26,56H,6-10,12,14-16,21,24,27-55H2,1-5H3/b13-11-,19-17-,20-18-,23-22-,26-25-. The van der Waals surface area contributed by atoms with Crippen LogP contribution in [0.25, 0.3) is 0 Å². The van der Waals surface area contributed by atoms with E-state index in [1.54, 1.807) is 0 Å². The van der Waals surface area contributed by atoms with Gasteiger partial charge >= 0.3 is 11.9 Å². The molecule has 0 heterocycles. The summed E-state index contributed by atoms with van der Waals surface area (Å²) in [6.07, 6.45) is 62.7. The van der Waals surface area contributed by atoms with E-state index in [0.29, 0.717) is 23.9 Å². The zero-order valence-corrected chi connectivity index (χ0v) is 45.7. The zero-order valence-electron chi connectivity index (χ0n) is 44.8. The quantitative estimate of drug-likeness (QED) is 0.0195. The number of likely N-dealkylation sites (N-methyl/N-ethyl adjacent to an activating group) is 1. The lowest BCUT2D eigenvalue weighted by molar-refractivity contribution is -0.870. The van der Waals surface area contributed by atoms with Crippen LogP contribution in [0.5, 0.6) is 0 Å². The number of hydrogen-bond donors (Lipinski definition) is 0.